The maximum absolute atomic E-state index is 6.69. The summed E-state index contributed by atoms with van der Waals surface area (Å²) in [5.74, 6) is 4.55. The van der Waals surface area contributed by atoms with Crippen LogP contribution < -0.4 is 21.2 Å². The van der Waals surface area contributed by atoms with E-state index < -0.39 is 0 Å². The topological polar surface area (TPSA) is 0 Å². The zero-order valence-corrected chi connectivity index (χ0v) is 29.0. The average Bonchev–Trinajstić information content (AvgIpc) is 3.13. The van der Waals surface area contributed by atoms with E-state index in [1.807, 2.05) is 60.7 Å². The molecule has 45 heavy (non-hydrogen) atoms. The molecule has 0 heterocycles. The fraction of sp³-hybridized carbons (Fsp3) is 0.0476. The van der Waals surface area contributed by atoms with E-state index in [-0.39, 0.29) is 36.9 Å². The SMILES string of the molecule is [C-]#Cc1ccccc1.[C-]#Cc1ccccc1.[Pt+2].c1ccc(P(CCP(c2ccccc2)c2ccccc2)c2ccccc2)cc1. The molecule has 0 bridgehead atoms. The quantitative estimate of drug-likeness (QED) is 0.0865. The van der Waals surface area contributed by atoms with Gasteiger partial charge in [0.25, 0.3) is 0 Å². The van der Waals surface area contributed by atoms with E-state index in [0.29, 0.717) is 0 Å². The second kappa shape index (κ2) is 20.9. The third kappa shape index (κ3) is 12.1. The Hall–Kier alpha value is -4.01. The smallest absolute Gasteiger partial charge is 0.366 e. The summed E-state index contributed by atoms with van der Waals surface area (Å²) >= 11 is 0. The molecule has 6 rings (SSSR count). The van der Waals surface area contributed by atoms with Crippen molar-refractivity contribution in [1.82, 2.24) is 0 Å². The minimum Gasteiger partial charge on any atom is -0.366 e. The third-order valence-electron chi connectivity index (χ3n) is 6.65. The van der Waals surface area contributed by atoms with Crippen LogP contribution in [-0.2, 0) is 21.1 Å². The molecule has 0 aromatic heterocycles. The Morgan fingerprint density at radius 3 is 0.711 bits per heavy atom. The molecule has 0 amide bonds. The Labute approximate surface area is 286 Å². The zero-order valence-electron chi connectivity index (χ0n) is 24.9. The summed E-state index contributed by atoms with van der Waals surface area (Å²) in [6.45, 7) is 0. The van der Waals surface area contributed by atoms with Gasteiger partial charge in [0, 0.05) is 0 Å². The van der Waals surface area contributed by atoms with Crippen LogP contribution in [0.25, 0.3) is 0 Å². The Kier molecular flexibility index (Phi) is 16.4. The van der Waals surface area contributed by atoms with Crippen LogP contribution in [0.5, 0.6) is 0 Å². The Morgan fingerprint density at radius 2 is 0.533 bits per heavy atom. The van der Waals surface area contributed by atoms with Gasteiger partial charge in [0.1, 0.15) is 0 Å². The molecular formula is C42H34P2Pt. The van der Waals surface area contributed by atoms with Crippen molar-refractivity contribution in [3.8, 4) is 11.8 Å². The van der Waals surface area contributed by atoms with Crippen LogP contribution >= 0.6 is 15.8 Å². The Balaban J connectivity index is 0.000000265. The molecule has 0 N–H and O–H groups in total. The van der Waals surface area contributed by atoms with Gasteiger partial charge in [0.2, 0.25) is 0 Å². The van der Waals surface area contributed by atoms with Crippen molar-refractivity contribution in [2.45, 2.75) is 0 Å². The van der Waals surface area contributed by atoms with Gasteiger partial charge in [-0.2, -0.15) is 0 Å². The number of hydrogen-bond acceptors (Lipinski definition) is 0. The first kappa shape index (κ1) is 35.5. The molecule has 6 aromatic carbocycles. The van der Waals surface area contributed by atoms with E-state index in [0.717, 1.165) is 11.1 Å². The van der Waals surface area contributed by atoms with Gasteiger partial charge in [-0.25, -0.2) is 0 Å². The maximum Gasteiger partial charge on any atom is 2.00 e. The average molecular weight is 796 g/mol. The van der Waals surface area contributed by atoms with Crippen molar-refractivity contribution in [2.75, 3.05) is 12.3 Å². The Bertz CT molecular complexity index is 1480. The van der Waals surface area contributed by atoms with E-state index in [4.69, 9.17) is 12.8 Å². The van der Waals surface area contributed by atoms with Crippen LogP contribution in [-0.4, -0.2) is 12.3 Å². The molecule has 0 aliphatic rings. The fourth-order valence-electron chi connectivity index (χ4n) is 4.49. The molecule has 0 saturated carbocycles. The molecule has 0 saturated heterocycles. The summed E-state index contributed by atoms with van der Waals surface area (Å²) in [5, 5.41) is 5.89. The monoisotopic (exact) mass is 795 g/mol. The predicted octanol–water partition coefficient (Wildman–Crippen LogP) is 8.50. The minimum atomic E-state index is -0.348. The number of hydrogen-bond donors (Lipinski definition) is 0. The fourth-order valence-corrected chi connectivity index (χ4v) is 9.85. The summed E-state index contributed by atoms with van der Waals surface area (Å²) in [7, 11) is -0.696. The molecule has 0 nitrogen and oxygen atoms in total. The Morgan fingerprint density at radius 1 is 0.333 bits per heavy atom. The van der Waals surface area contributed by atoms with Gasteiger partial charge in [0.15, 0.2) is 0 Å². The first-order valence-corrected chi connectivity index (χ1v) is 17.5. The normalized spacial score (nSPS) is 9.69. The van der Waals surface area contributed by atoms with Gasteiger partial charge < -0.3 is 12.8 Å². The molecule has 0 spiro atoms. The number of rotatable bonds is 7. The van der Waals surface area contributed by atoms with Crippen LogP contribution in [0.2, 0.25) is 0 Å². The van der Waals surface area contributed by atoms with E-state index in [2.05, 4.69) is 133 Å². The van der Waals surface area contributed by atoms with Crippen LogP contribution in [0.15, 0.2) is 182 Å². The molecule has 3 heteroatoms. The van der Waals surface area contributed by atoms with E-state index in [1.165, 1.54) is 33.5 Å². The van der Waals surface area contributed by atoms with Crippen LogP contribution in [0.1, 0.15) is 11.1 Å². The second-order valence-corrected chi connectivity index (χ2v) is 14.3. The molecular weight excluding hydrogens is 761 g/mol. The van der Waals surface area contributed by atoms with Gasteiger partial charge in [-0.3, -0.25) is 11.8 Å². The zero-order chi connectivity index (χ0) is 30.7. The van der Waals surface area contributed by atoms with Crippen LogP contribution in [0.4, 0.5) is 0 Å². The van der Waals surface area contributed by atoms with E-state index in [1.54, 1.807) is 0 Å². The van der Waals surface area contributed by atoms with Crippen molar-refractivity contribution < 1.29 is 21.1 Å². The van der Waals surface area contributed by atoms with E-state index in [9.17, 15) is 0 Å². The summed E-state index contributed by atoms with van der Waals surface area (Å²) in [4.78, 5) is 0. The van der Waals surface area contributed by atoms with Crippen molar-refractivity contribution >= 4 is 37.1 Å². The summed E-state index contributed by atoms with van der Waals surface area (Å²) in [6, 6.07) is 62.9. The van der Waals surface area contributed by atoms with Crippen molar-refractivity contribution in [3.63, 3.8) is 0 Å². The molecule has 0 aliphatic heterocycles. The van der Waals surface area contributed by atoms with Gasteiger partial charge in [0.05, 0.1) is 0 Å². The van der Waals surface area contributed by atoms with Gasteiger partial charge >= 0.3 is 21.1 Å². The maximum atomic E-state index is 6.69. The first-order valence-electron chi connectivity index (χ1n) is 14.5. The minimum absolute atomic E-state index is 0. The molecule has 0 atom stereocenters. The molecule has 6 aromatic rings. The summed E-state index contributed by atoms with van der Waals surface area (Å²) < 4.78 is 0. The van der Waals surface area contributed by atoms with Gasteiger partial charge in [-0.05, 0) is 49.4 Å². The van der Waals surface area contributed by atoms with E-state index >= 15 is 0 Å². The molecule has 0 fully saturated rings. The second-order valence-electron chi connectivity index (χ2n) is 9.63. The summed E-state index contributed by atoms with van der Waals surface area (Å²) in [6.07, 6.45) is 15.8. The molecule has 0 radical (unpaired) electrons. The molecule has 222 valence electrons. The van der Waals surface area contributed by atoms with Gasteiger partial charge in [-0.15, -0.1) is 35.4 Å². The predicted molar refractivity (Wildman–Crippen MR) is 193 cm³/mol. The number of benzene rings is 6. The standard InChI is InChI=1S/C26H24P2.2C8H5.Pt/c1-5-13-23(14-6-1)27(24-15-7-2-8-16-24)21-22-28(25-17-9-3-10-18-25)26-19-11-4-12-20-26;2*1-2-8-6-4-3-5-7-8;/h1-20H,21-22H2;2*3-7H;/q;2*-1;+2. The molecule has 0 aliphatic carbocycles. The van der Waals surface area contributed by atoms with Gasteiger partial charge in [-0.1, -0.05) is 158 Å². The van der Waals surface area contributed by atoms with Crippen molar-refractivity contribution in [1.29, 1.82) is 0 Å². The first-order chi connectivity index (χ1) is 21.8. The molecule has 0 unspecified atom stereocenters. The largest absolute Gasteiger partial charge is 2.00 e. The third-order valence-corrected chi connectivity index (χ3v) is 12.0. The van der Waals surface area contributed by atoms with Crippen LogP contribution in [0, 0.1) is 24.7 Å². The summed E-state index contributed by atoms with van der Waals surface area (Å²) in [5.41, 5.74) is 1.65. The van der Waals surface area contributed by atoms with Crippen LogP contribution in [0.3, 0.4) is 0 Å². The van der Waals surface area contributed by atoms with Crippen molar-refractivity contribution in [3.05, 3.63) is 206 Å². The van der Waals surface area contributed by atoms with Crippen molar-refractivity contribution in [2.24, 2.45) is 0 Å².